The molecule has 0 spiro atoms. The van der Waals surface area contributed by atoms with E-state index in [-0.39, 0.29) is 0 Å². The SMILES string of the molecule is CC1CC(Nc2ccc(S(C)(=O)=O)cc2)CC(C)(C)C1. The summed E-state index contributed by atoms with van der Waals surface area (Å²) < 4.78 is 22.9. The molecular weight excluding hydrogens is 270 g/mol. The van der Waals surface area contributed by atoms with Gasteiger partial charge < -0.3 is 5.32 Å². The predicted molar refractivity (Wildman–Crippen MR) is 83.8 cm³/mol. The Hall–Kier alpha value is -1.03. The molecule has 0 saturated heterocycles. The van der Waals surface area contributed by atoms with E-state index in [0.29, 0.717) is 16.4 Å². The topological polar surface area (TPSA) is 46.2 Å². The molecule has 1 aliphatic carbocycles. The van der Waals surface area contributed by atoms with Crippen LogP contribution in [0.4, 0.5) is 5.69 Å². The second-order valence-electron chi connectivity index (χ2n) is 7.05. The lowest BCUT2D eigenvalue weighted by Gasteiger charge is -2.39. The van der Waals surface area contributed by atoms with Crippen LogP contribution in [0.1, 0.15) is 40.0 Å². The smallest absolute Gasteiger partial charge is 0.175 e. The van der Waals surface area contributed by atoms with Crippen molar-refractivity contribution in [2.24, 2.45) is 11.3 Å². The average molecular weight is 295 g/mol. The first-order chi connectivity index (χ1) is 9.16. The van der Waals surface area contributed by atoms with Gasteiger partial charge in [-0.1, -0.05) is 20.8 Å². The normalized spacial score (nSPS) is 26.2. The molecule has 0 bridgehead atoms. The average Bonchev–Trinajstić information content (AvgIpc) is 2.25. The molecule has 1 aromatic carbocycles. The molecule has 2 atom stereocenters. The highest BCUT2D eigenvalue weighted by atomic mass is 32.2. The molecule has 0 radical (unpaired) electrons. The van der Waals surface area contributed by atoms with Gasteiger partial charge in [0.1, 0.15) is 0 Å². The number of benzene rings is 1. The molecule has 1 aliphatic rings. The fourth-order valence-corrected chi connectivity index (χ4v) is 4.12. The zero-order valence-corrected chi connectivity index (χ0v) is 13.6. The van der Waals surface area contributed by atoms with Crippen LogP contribution >= 0.6 is 0 Å². The molecule has 112 valence electrons. The number of hydrogen-bond acceptors (Lipinski definition) is 3. The van der Waals surface area contributed by atoms with Gasteiger partial charge in [-0.25, -0.2) is 8.42 Å². The van der Waals surface area contributed by atoms with Crippen LogP contribution in [0.3, 0.4) is 0 Å². The van der Waals surface area contributed by atoms with Crippen LogP contribution < -0.4 is 5.32 Å². The van der Waals surface area contributed by atoms with E-state index in [1.54, 1.807) is 12.1 Å². The number of rotatable bonds is 3. The molecule has 1 fully saturated rings. The fourth-order valence-electron chi connectivity index (χ4n) is 3.49. The van der Waals surface area contributed by atoms with Crippen LogP contribution in [0, 0.1) is 11.3 Å². The summed E-state index contributed by atoms with van der Waals surface area (Å²) in [5.74, 6) is 0.728. The Morgan fingerprint density at radius 3 is 2.25 bits per heavy atom. The first-order valence-electron chi connectivity index (χ1n) is 7.22. The summed E-state index contributed by atoms with van der Waals surface area (Å²) in [5, 5.41) is 3.55. The van der Waals surface area contributed by atoms with Crippen molar-refractivity contribution in [3.8, 4) is 0 Å². The first kappa shape index (κ1) is 15.4. The molecule has 0 aliphatic heterocycles. The standard InChI is InChI=1S/C16H25NO2S/c1-12-9-14(11-16(2,3)10-12)17-13-5-7-15(8-6-13)20(4,18)19/h5-8,12,14,17H,9-11H2,1-4H3. The van der Waals surface area contributed by atoms with Crippen molar-refractivity contribution in [2.75, 3.05) is 11.6 Å². The minimum Gasteiger partial charge on any atom is -0.382 e. The van der Waals surface area contributed by atoms with Crippen molar-refractivity contribution in [2.45, 2.75) is 51.0 Å². The van der Waals surface area contributed by atoms with Crippen LogP contribution in [-0.2, 0) is 9.84 Å². The largest absolute Gasteiger partial charge is 0.382 e. The number of hydrogen-bond donors (Lipinski definition) is 1. The second-order valence-corrected chi connectivity index (χ2v) is 9.07. The third kappa shape index (κ3) is 3.98. The van der Waals surface area contributed by atoms with E-state index in [9.17, 15) is 8.42 Å². The van der Waals surface area contributed by atoms with E-state index in [1.807, 2.05) is 12.1 Å². The lowest BCUT2D eigenvalue weighted by molar-refractivity contribution is 0.178. The molecule has 0 aromatic heterocycles. The maximum atomic E-state index is 11.4. The Bertz CT molecular complexity index is 561. The van der Waals surface area contributed by atoms with Gasteiger partial charge in [-0.05, 0) is 54.9 Å². The third-order valence-electron chi connectivity index (χ3n) is 4.04. The minimum atomic E-state index is -3.11. The van der Waals surface area contributed by atoms with Crippen molar-refractivity contribution in [1.29, 1.82) is 0 Å². The minimum absolute atomic E-state index is 0.375. The molecule has 20 heavy (non-hydrogen) atoms. The van der Waals surface area contributed by atoms with Crippen LogP contribution in [-0.4, -0.2) is 20.7 Å². The lowest BCUT2D eigenvalue weighted by Crippen LogP contribution is -2.35. The van der Waals surface area contributed by atoms with E-state index in [0.717, 1.165) is 18.0 Å². The molecule has 2 rings (SSSR count). The Kier molecular flexibility index (Phi) is 4.14. The highest BCUT2D eigenvalue weighted by molar-refractivity contribution is 7.90. The molecule has 2 unspecified atom stereocenters. The summed E-state index contributed by atoms with van der Waals surface area (Å²) >= 11 is 0. The summed E-state index contributed by atoms with van der Waals surface area (Å²) in [6, 6.07) is 7.55. The zero-order valence-electron chi connectivity index (χ0n) is 12.8. The van der Waals surface area contributed by atoms with Gasteiger partial charge >= 0.3 is 0 Å². The summed E-state index contributed by atoms with van der Waals surface area (Å²) in [4.78, 5) is 0.375. The van der Waals surface area contributed by atoms with E-state index in [1.165, 1.54) is 19.1 Å². The molecule has 1 N–H and O–H groups in total. The number of anilines is 1. The predicted octanol–water partition coefficient (Wildman–Crippen LogP) is 3.72. The van der Waals surface area contributed by atoms with Gasteiger partial charge in [-0.2, -0.15) is 0 Å². The van der Waals surface area contributed by atoms with Crippen LogP contribution in [0.15, 0.2) is 29.2 Å². The Morgan fingerprint density at radius 1 is 1.15 bits per heavy atom. The van der Waals surface area contributed by atoms with Crippen molar-refractivity contribution in [3.63, 3.8) is 0 Å². The highest BCUT2D eigenvalue weighted by Gasteiger charge is 2.31. The third-order valence-corrected chi connectivity index (χ3v) is 5.17. The monoisotopic (exact) mass is 295 g/mol. The molecule has 4 heteroatoms. The van der Waals surface area contributed by atoms with E-state index in [2.05, 4.69) is 26.1 Å². The molecule has 1 aromatic rings. The van der Waals surface area contributed by atoms with Gasteiger partial charge in [-0.3, -0.25) is 0 Å². The van der Waals surface area contributed by atoms with Crippen LogP contribution in [0.5, 0.6) is 0 Å². The summed E-state index contributed by atoms with van der Waals surface area (Å²) in [5.41, 5.74) is 1.38. The lowest BCUT2D eigenvalue weighted by atomic mass is 9.70. The fraction of sp³-hybridized carbons (Fsp3) is 0.625. The highest BCUT2D eigenvalue weighted by Crippen LogP contribution is 2.39. The van der Waals surface area contributed by atoms with E-state index >= 15 is 0 Å². The van der Waals surface area contributed by atoms with E-state index < -0.39 is 9.84 Å². The molecule has 0 heterocycles. The summed E-state index contributed by atoms with van der Waals surface area (Å²) in [6.07, 6.45) is 4.85. The Balaban J connectivity index is 2.07. The Labute approximate surface area is 122 Å². The second kappa shape index (κ2) is 5.40. The molecule has 1 saturated carbocycles. The summed E-state index contributed by atoms with van der Waals surface area (Å²) in [6.45, 7) is 6.95. The maximum Gasteiger partial charge on any atom is 0.175 e. The van der Waals surface area contributed by atoms with Gasteiger partial charge in [0.05, 0.1) is 4.90 Å². The maximum absolute atomic E-state index is 11.4. The van der Waals surface area contributed by atoms with Gasteiger partial charge in [-0.15, -0.1) is 0 Å². The van der Waals surface area contributed by atoms with Gasteiger partial charge in [0.2, 0.25) is 0 Å². The zero-order chi connectivity index (χ0) is 15.0. The van der Waals surface area contributed by atoms with Gasteiger partial charge in [0, 0.05) is 18.0 Å². The first-order valence-corrected chi connectivity index (χ1v) is 9.11. The summed E-state index contributed by atoms with van der Waals surface area (Å²) in [7, 11) is -3.11. The quantitative estimate of drug-likeness (QED) is 0.924. The van der Waals surface area contributed by atoms with Gasteiger partial charge in [0.25, 0.3) is 0 Å². The molecular formula is C16H25NO2S. The van der Waals surface area contributed by atoms with E-state index in [4.69, 9.17) is 0 Å². The number of sulfone groups is 1. The van der Waals surface area contributed by atoms with Crippen molar-refractivity contribution in [3.05, 3.63) is 24.3 Å². The molecule has 3 nitrogen and oxygen atoms in total. The van der Waals surface area contributed by atoms with Crippen molar-refractivity contribution < 1.29 is 8.42 Å². The van der Waals surface area contributed by atoms with Gasteiger partial charge in [0.15, 0.2) is 9.84 Å². The molecule has 0 amide bonds. The van der Waals surface area contributed by atoms with Crippen LogP contribution in [0.2, 0.25) is 0 Å². The van der Waals surface area contributed by atoms with Crippen molar-refractivity contribution in [1.82, 2.24) is 0 Å². The van der Waals surface area contributed by atoms with Crippen LogP contribution in [0.25, 0.3) is 0 Å². The Morgan fingerprint density at radius 2 is 1.75 bits per heavy atom. The van der Waals surface area contributed by atoms with Crippen molar-refractivity contribution >= 4 is 15.5 Å². The number of nitrogens with one attached hydrogen (secondary N) is 1.